The highest BCUT2D eigenvalue weighted by atomic mass is 35.5. The third-order valence-corrected chi connectivity index (χ3v) is 1.89. The lowest BCUT2D eigenvalue weighted by Crippen LogP contribution is -2.01. The van der Waals surface area contributed by atoms with Crippen molar-refractivity contribution in [3.8, 4) is 6.07 Å². The molecule has 0 bridgehead atoms. The van der Waals surface area contributed by atoms with Crippen molar-refractivity contribution in [2.24, 2.45) is 0 Å². The van der Waals surface area contributed by atoms with Crippen molar-refractivity contribution in [1.82, 2.24) is 4.57 Å². The zero-order chi connectivity index (χ0) is 9.14. The first-order valence-electron chi connectivity index (χ1n) is 4.06. The van der Waals surface area contributed by atoms with Gasteiger partial charge in [0.1, 0.15) is 11.9 Å². The number of halogens is 1. The van der Waals surface area contributed by atoms with Crippen molar-refractivity contribution < 1.29 is 0 Å². The van der Waals surface area contributed by atoms with Crippen molar-refractivity contribution >= 4 is 18.2 Å². The molecule has 0 saturated heterocycles. The van der Waals surface area contributed by atoms with Crippen LogP contribution in [0.25, 0.3) is 0 Å². The number of rotatable bonds is 2. The van der Waals surface area contributed by atoms with Crippen LogP contribution in [0.5, 0.6) is 0 Å². The fourth-order valence-corrected chi connectivity index (χ4v) is 1.28. The molecule has 2 N–H and O–H groups in total. The summed E-state index contributed by atoms with van der Waals surface area (Å²) in [5.74, 6) is 0.594. The van der Waals surface area contributed by atoms with Gasteiger partial charge in [-0.25, -0.2) is 0 Å². The Labute approximate surface area is 84.6 Å². The number of aromatic nitrogens is 1. The Kier molecular flexibility index (Phi) is 4.36. The first-order valence-corrected chi connectivity index (χ1v) is 4.06. The standard InChI is InChI=1S/C9H13N3.ClH/c1-3-4-12-6-7(2)8(5-10)9(12)11;/h6H,3-4,11H2,1-2H3;1H. The van der Waals surface area contributed by atoms with E-state index in [0.29, 0.717) is 11.4 Å². The summed E-state index contributed by atoms with van der Waals surface area (Å²) in [4.78, 5) is 0. The van der Waals surface area contributed by atoms with Crippen molar-refractivity contribution in [3.63, 3.8) is 0 Å². The van der Waals surface area contributed by atoms with Gasteiger partial charge in [0.15, 0.2) is 0 Å². The Morgan fingerprint density at radius 2 is 2.23 bits per heavy atom. The van der Waals surface area contributed by atoms with Crippen LogP contribution in [-0.4, -0.2) is 4.57 Å². The van der Waals surface area contributed by atoms with E-state index < -0.39 is 0 Å². The molecular weight excluding hydrogens is 186 g/mol. The van der Waals surface area contributed by atoms with Gasteiger partial charge in [-0.2, -0.15) is 5.26 Å². The van der Waals surface area contributed by atoms with Crippen LogP contribution in [0.2, 0.25) is 0 Å². The summed E-state index contributed by atoms with van der Waals surface area (Å²) < 4.78 is 1.92. The highest BCUT2D eigenvalue weighted by Gasteiger charge is 2.08. The molecule has 1 heterocycles. The van der Waals surface area contributed by atoms with Crippen LogP contribution in [-0.2, 0) is 6.54 Å². The van der Waals surface area contributed by atoms with E-state index in [-0.39, 0.29) is 12.4 Å². The van der Waals surface area contributed by atoms with Crippen LogP contribution in [0.3, 0.4) is 0 Å². The number of nitrogen functional groups attached to an aromatic ring is 1. The second-order valence-corrected chi connectivity index (χ2v) is 2.88. The van der Waals surface area contributed by atoms with E-state index in [9.17, 15) is 0 Å². The van der Waals surface area contributed by atoms with Crippen molar-refractivity contribution in [2.45, 2.75) is 26.8 Å². The first kappa shape index (κ1) is 11.9. The predicted octanol–water partition coefficient (Wildman–Crippen LogP) is 2.08. The molecule has 3 nitrogen and oxygen atoms in total. The minimum Gasteiger partial charge on any atom is -0.384 e. The summed E-state index contributed by atoms with van der Waals surface area (Å²) >= 11 is 0. The molecule has 0 aromatic carbocycles. The van der Waals surface area contributed by atoms with Crippen molar-refractivity contribution in [1.29, 1.82) is 5.26 Å². The van der Waals surface area contributed by atoms with Gasteiger partial charge in [0, 0.05) is 12.7 Å². The molecule has 1 aromatic rings. The minimum atomic E-state index is 0. The molecule has 0 aliphatic heterocycles. The number of nitrogens with zero attached hydrogens (tertiary/aromatic N) is 2. The van der Waals surface area contributed by atoms with E-state index in [1.165, 1.54) is 0 Å². The van der Waals surface area contributed by atoms with Crippen LogP contribution in [0, 0.1) is 18.3 Å². The van der Waals surface area contributed by atoms with Gasteiger partial charge in [-0.05, 0) is 18.9 Å². The molecule has 1 rings (SSSR count). The second kappa shape index (κ2) is 4.78. The van der Waals surface area contributed by atoms with Gasteiger partial charge < -0.3 is 10.3 Å². The summed E-state index contributed by atoms with van der Waals surface area (Å²) in [5, 5.41) is 8.74. The molecule has 0 fully saturated rings. The Hall–Kier alpha value is -1.14. The third-order valence-electron chi connectivity index (χ3n) is 1.89. The number of anilines is 1. The lowest BCUT2D eigenvalue weighted by Gasteiger charge is -2.01. The number of aryl methyl sites for hydroxylation is 2. The Bertz CT molecular complexity index is 322. The molecule has 0 amide bonds. The molecule has 0 radical (unpaired) electrons. The summed E-state index contributed by atoms with van der Waals surface area (Å²) in [6.07, 6.45) is 2.96. The van der Waals surface area contributed by atoms with Crippen LogP contribution < -0.4 is 5.73 Å². The average molecular weight is 200 g/mol. The van der Waals surface area contributed by atoms with Crippen LogP contribution >= 0.6 is 12.4 Å². The zero-order valence-electron chi connectivity index (χ0n) is 7.87. The lowest BCUT2D eigenvalue weighted by atomic mass is 10.2. The maximum Gasteiger partial charge on any atom is 0.121 e. The number of nitrogens with two attached hydrogens (primary N) is 1. The third kappa shape index (κ3) is 2.16. The van der Waals surface area contributed by atoms with E-state index in [1.54, 1.807) is 0 Å². The summed E-state index contributed by atoms with van der Waals surface area (Å²) in [6.45, 7) is 4.87. The van der Waals surface area contributed by atoms with E-state index in [0.717, 1.165) is 18.5 Å². The van der Waals surface area contributed by atoms with Gasteiger partial charge >= 0.3 is 0 Å². The maximum atomic E-state index is 8.74. The normalized spacial score (nSPS) is 9.00. The summed E-state index contributed by atoms with van der Waals surface area (Å²) in [7, 11) is 0. The largest absolute Gasteiger partial charge is 0.384 e. The molecule has 72 valence electrons. The fraction of sp³-hybridized carbons (Fsp3) is 0.444. The summed E-state index contributed by atoms with van der Waals surface area (Å²) in [6, 6.07) is 2.10. The molecule has 0 unspecified atom stereocenters. The van der Waals surface area contributed by atoms with E-state index in [1.807, 2.05) is 17.7 Å². The molecule has 0 saturated carbocycles. The fourth-order valence-electron chi connectivity index (χ4n) is 1.28. The maximum absolute atomic E-state index is 8.74. The zero-order valence-corrected chi connectivity index (χ0v) is 8.69. The van der Waals surface area contributed by atoms with Crippen LogP contribution in [0.1, 0.15) is 24.5 Å². The predicted molar refractivity (Wildman–Crippen MR) is 55.8 cm³/mol. The van der Waals surface area contributed by atoms with Crippen molar-refractivity contribution in [3.05, 3.63) is 17.3 Å². The first-order chi connectivity index (χ1) is 5.70. The molecule has 0 aliphatic rings. The molecule has 1 aromatic heterocycles. The van der Waals surface area contributed by atoms with Gasteiger partial charge in [0.25, 0.3) is 0 Å². The minimum absolute atomic E-state index is 0. The molecule has 0 atom stereocenters. The molecular formula is C9H14ClN3. The van der Waals surface area contributed by atoms with Crippen LogP contribution in [0.15, 0.2) is 6.20 Å². The number of nitriles is 1. The summed E-state index contributed by atoms with van der Waals surface area (Å²) in [5.41, 5.74) is 7.32. The van der Waals surface area contributed by atoms with E-state index in [2.05, 4.69) is 13.0 Å². The van der Waals surface area contributed by atoms with Gasteiger partial charge in [0.05, 0.1) is 5.56 Å². The SMILES string of the molecule is CCCn1cc(C)c(C#N)c1N.Cl. The second-order valence-electron chi connectivity index (χ2n) is 2.88. The smallest absolute Gasteiger partial charge is 0.121 e. The van der Waals surface area contributed by atoms with Gasteiger partial charge in [-0.3, -0.25) is 0 Å². The Morgan fingerprint density at radius 1 is 1.62 bits per heavy atom. The average Bonchev–Trinajstić information content (AvgIpc) is 2.29. The highest BCUT2D eigenvalue weighted by Crippen LogP contribution is 2.18. The van der Waals surface area contributed by atoms with E-state index in [4.69, 9.17) is 11.0 Å². The highest BCUT2D eigenvalue weighted by molar-refractivity contribution is 5.85. The quantitative estimate of drug-likeness (QED) is 0.793. The number of hydrogen-bond acceptors (Lipinski definition) is 2. The lowest BCUT2D eigenvalue weighted by molar-refractivity contribution is 0.690. The van der Waals surface area contributed by atoms with Gasteiger partial charge in [-0.1, -0.05) is 6.92 Å². The number of hydrogen-bond donors (Lipinski definition) is 1. The molecule has 0 aliphatic carbocycles. The molecule has 0 spiro atoms. The Morgan fingerprint density at radius 3 is 2.62 bits per heavy atom. The van der Waals surface area contributed by atoms with E-state index >= 15 is 0 Å². The monoisotopic (exact) mass is 199 g/mol. The van der Waals surface area contributed by atoms with Gasteiger partial charge in [0.2, 0.25) is 0 Å². The topological polar surface area (TPSA) is 54.7 Å². The van der Waals surface area contributed by atoms with Crippen LogP contribution in [0.4, 0.5) is 5.82 Å². The Balaban J connectivity index is 0.00000144. The molecule has 4 heteroatoms. The molecule has 13 heavy (non-hydrogen) atoms. The van der Waals surface area contributed by atoms with Gasteiger partial charge in [-0.15, -0.1) is 12.4 Å². The van der Waals surface area contributed by atoms with Crippen molar-refractivity contribution in [2.75, 3.05) is 5.73 Å².